The van der Waals surface area contributed by atoms with Crippen molar-refractivity contribution in [1.82, 2.24) is 4.90 Å². The third-order valence-electron chi connectivity index (χ3n) is 5.22. The molecular weight excluding hydrogens is 381 g/mol. The van der Waals surface area contributed by atoms with Crippen LogP contribution in [0.4, 0.5) is 13.2 Å². The lowest BCUT2D eigenvalue weighted by molar-refractivity contribution is -0.118. The molecule has 2 rings (SSSR count). The van der Waals surface area contributed by atoms with E-state index in [0.717, 1.165) is 38.5 Å². The molecule has 0 spiro atoms. The Morgan fingerprint density at radius 2 is 1.72 bits per heavy atom. The fraction of sp³-hybridized carbons (Fsp3) is 0.545. The fourth-order valence-corrected chi connectivity index (χ4v) is 3.54. The molecule has 1 atom stereocenters. The number of rotatable bonds is 11. The minimum atomic E-state index is -4.50. The maximum atomic E-state index is 13.2. The summed E-state index contributed by atoms with van der Waals surface area (Å²) in [7, 11) is 0. The quantitative estimate of drug-likeness (QED) is 0.517. The van der Waals surface area contributed by atoms with Gasteiger partial charge in [0.05, 0.1) is 5.57 Å². The van der Waals surface area contributed by atoms with Crippen LogP contribution in [0.5, 0.6) is 0 Å². The van der Waals surface area contributed by atoms with Crippen LogP contribution in [-0.2, 0) is 4.79 Å². The summed E-state index contributed by atoms with van der Waals surface area (Å²) in [6, 6.07) is 5.73. The topological polar surface area (TPSA) is 63.4 Å². The van der Waals surface area contributed by atoms with Gasteiger partial charge in [-0.05, 0) is 49.8 Å². The second-order valence-electron chi connectivity index (χ2n) is 7.65. The van der Waals surface area contributed by atoms with Gasteiger partial charge in [0.2, 0.25) is 5.91 Å². The van der Waals surface area contributed by atoms with Gasteiger partial charge in [-0.1, -0.05) is 38.5 Å². The lowest BCUT2D eigenvalue weighted by Crippen LogP contribution is -2.42. The monoisotopic (exact) mass is 410 g/mol. The maximum Gasteiger partial charge on any atom is 0.416 e. The summed E-state index contributed by atoms with van der Waals surface area (Å²) in [5.74, 6) is -0.474. The van der Waals surface area contributed by atoms with E-state index in [-0.39, 0.29) is 29.5 Å². The number of primary amides is 1. The maximum absolute atomic E-state index is 13.2. The summed E-state index contributed by atoms with van der Waals surface area (Å²) in [5.41, 5.74) is 4.61. The van der Waals surface area contributed by atoms with Crippen LogP contribution in [0.25, 0.3) is 5.57 Å². The van der Waals surface area contributed by atoms with Crippen molar-refractivity contribution < 1.29 is 22.8 Å². The van der Waals surface area contributed by atoms with Crippen molar-refractivity contribution in [2.75, 3.05) is 0 Å². The molecule has 0 heterocycles. The molecule has 2 amide bonds. The number of nitrogens with two attached hydrogens (primary N) is 1. The fourth-order valence-electron chi connectivity index (χ4n) is 3.54. The number of amides is 2. The number of benzene rings is 1. The molecule has 7 heteroatoms. The van der Waals surface area contributed by atoms with Crippen molar-refractivity contribution in [2.45, 2.75) is 76.6 Å². The molecule has 0 radical (unpaired) electrons. The Morgan fingerprint density at radius 3 is 2.21 bits per heavy atom. The molecule has 0 saturated heterocycles. The van der Waals surface area contributed by atoms with Crippen molar-refractivity contribution in [3.63, 3.8) is 0 Å². The van der Waals surface area contributed by atoms with E-state index in [1.165, 1.54) is 24.3 Å². The van der Waals surface area contributed by atoms with Gasteiger partial charge in [0.15, 0.2) is 0 Å². The second-order valence-corrected chi connectivity index (χ2v) is 7.65. The number of hydrogen-bond donors (Lipinski definition) is 1. The smallest absolute Gasteiger partial charge is 0.370 e. The molecule has 1 unspecified atom stereocenters. The van der Waals surface area contributed by atoms with E-state index in [1.54, 1.807) is 0 Å². The van der Waals surface area contributed by atoms with Gasteiger partial charge in [-0.15, -0.1) is 0 Å². The Labute approximate surface area is 169 Å². The number of allylic oxidation sites excluding steroid dienone is 1. The molecule has 160 valence electrons. The number of carbonyl (C=O) groups excluding carboxylic acids is 2. The van der Waals surface area contributed by atoms with Crippen LogP contribution in [0.1, 0.15) is 74.2 Å². The summed E-state index contributed by atoms with van der Waals surface area (Å²) in [6.07, 6.45) is 1.76. The van der Waals surface area contributed by atoms with Crippen LogP contribution in [0.15, 0.2) is 30.8 Å². The molecule has 1 aromatic rings. The number of halogens is 3. The molecule has 1 aliphatic rings. The van der Waals surface area contributed by atoms with E-state index >= 15 is 0 Å². The summed E-state index contributed by atoms with van der Waals surface area (Å²) >= 11 is 0. The van der Waals surface area contributed by atoms with Crippen LogP contribution in [0.3, 0.4) is 0 Å². The van der Waals surface area contributed by atoms with Gasteiger partial charge in [0.25, 0.3) is 5.91 Å². The molecule has 0 bridgehead atoms. The predicted octanol–water partition coefficient (Wildman–Crippen LogP) is 5.08. The van der Waals surface area contributed by atoms with Crippen LogP contribution in [0.2, 0.25) is 0 Å². The molecule has 1 saturated carbocycles. The minimum Gasteiger partial charge on any atom is -0.370 e. The first-order valence-corrected chi connectivity index (χ1v) is 10.1. The van der Waals surface area contributed by atoms with Gasteiger partial charge in [0.1, 0.15) is 0 Å². The van der Waals surface area contributed by atoms with Gasteiger partial charge in [-0.25, -0.2) is 0 Å². The van der Waals surface area contributed by atoms with Gasteiger partial charge in [0, 0.05) is 24.1 Å². The molecule has 1 fully saturated rings. The van der Waals surface area contributed by atoms with E-state index in [2.05, 4.69) is 13.5 Å². The first-order valence-electron chi connectivity index (χ1n) is 10.1. The van der Waals surface area contributed by atoms with Crippen LogP contribution in [0, 0.1) is 0 Å². The van der Waals surface area contributed by atoms with Gasteiger partial charge < -0.3 is 10.6 Å². The molecule has 2 N–H and O–H groups in total. The van der Waals surface area contributed by atoms with E-state index in [0.29, 0.717) is 18.4 Å². The molecule has 0 aromatic heterocycles. The third kappa shape index (κ3) is 6.61. The van der Waals surface area contributed by atoms with Crippen LogP contribution in [-0.4, -0.2) is 35.0 Å². The number of nitrogens with zero attached hydrogens (tertiary/aromatic N) is 1. The Kier molecular flexibility index (Phi) is 7.88. The highest BCUT2D eigenvalue weighted by atomic mass is 19.4. The summed E-state index contributed by atoms with van der Waals surface area (Å²) in [5, 5.41) is 0. The van der Waals surface area contributed by atoms with E-state index in [4.69, 9.17) is 5.73 Å². The number of hydrogen-bond acceptors (Lipinski definition) is 2. The van der Waals surface area contributed by atoms with Crippen molar-refractivity contribution in [1.29, 1.82) is 0 Å². The molecule has 0 aliphatic heterocycles. The van der Waals surface area contributed by atoms with Crippen LogP contribution >= 0.6 is 0 Å². The lowest BCUT2D eigenvalue weighted by atomic mass is 9.99. The highest BCUT2D eigenvalue weighted by Crippen LogP contribution is 2.35. The zero-order valence-corrected chi connectivity index (χ0v) is 16.8. The first-order chi connectivity index (χ1) is 13.6. The standard InChI is InChI=1S/C22H29F3N2O2/c1-3-6-18(7-4-5-8-20(26)28)27(19-13-14-19)21(29)17-11-9-16(10-12-17)15(2)22(23,24)25/h9-12,18-19H,2-8,13-14H2,1H3,(H2,26,28). The molecule has 1 aromatic carbocycles. The average molecular weight is 410 g/mol. The largest absolute Gasteiger partial charge is 0.416 e. The van der Waals surface area contributed by atoms with Gasteiger partial charge in [-0.3, -0.25) is 9.59 Å². The highest BCUT2D eigenvalue weighted by molar-refractivity contribution is 5.95. The van der Waals surface area contributed by atoms with Crippen molar-refractivity contribution in [3.8, 4) is 0 Å². The average Bonchev–Trinajstić information content (AvgIpc) is 3.48. The Morgan fingerprint density at radius 1 is 1.14 bits per heavy atom. The summed E-state index contributed by atoms with van der Waals surface area (Å²) in [4.78, 5) is 26.0. The number of carbonyl (C=O) groups is 2. The minimum absolute atomic E-state index is 0.0384. The van der Waals surface area contributed by atoms with E-state index in [9.17, 15) is 22.8 Å². The molecular formula is C22H29F3N2O2. The number of unbranched alkanes of at least 4 members (excludes halogenated alkanes) is 1. The van der Waals surface area contributed by atoms with Crippen molar-refractivity contribution in [2.24, 2.45) is 5.73 Å². The zero-order chi connectivity index (χ0) is 21.6. The SMILES string of the molecule is C=C(c1ccc(C(=O)N(C(CCC)CCCCC(N)=O)C2CC2)cc1)C(F)(F)F. The summed E-state index contributed by atoms with van der Waals surface area (Å²) < 4.78 is 38.5. The Bertz CT molecular complexity index is 725. The second kappa shape index (κ2) is 9.94. The van der Waals surface area contributed by atoms with E-state index in [1.807, 2.05) is 4.90 Å². The van der Waals surface area contributed by atoms with Crippen molar-refractivity contribution >= 4 is 17.4 Å². The zero-order valence-electron chi connectivity index (χ0n) is 16.8. The van der Waals surface area contributed by atoms with Gasteiger partial charge in [-0.2, -0.15) is 13.2 Å². The molecule has 29 heavy (non-hydrogen) atoms. The van der Waals surface area contributed by atoms with Crippen LogP contribution < -0.4 is 5.73 Å². The lowest BCUT2D eigenvalue weighted by Gasteiger charge is -2.32. The number of alkyl halides is 3. The summed E-state index contributed by atoms with van der Waals surface area (Å²) in [6.45, 7) is 5.16. The van der Waals surface area contributed by atoms with Crippen molar-refractivity contribution in [3.05, 3.63) is 42.0 Å². The molecule has 1 aliphatic carbocycles. The normalized spacial score (nSPS) is 15.0. The third-order valence-corrected chi connectivity index (χ3v) is 5.22. The predicted molar refractivity (Wildman–Crippen MR) is 107 cm³/mol. The first kappa shape index (κ1) is 23.0. The van der Waals surface area contributed by atoms with Gasteiger partial charge >= 0.3 is 6.18 Å². The Hall–Kier alpha value is -2.31. The Balaban J connectivity index is 2.12. The molecule has 4 nitrogen and oxygen atoms in total. The highest BCUT2D eigenvalue weighted by Gasteiger charge is 2.37. The van der Waals surface area contributed by atoms with E-state index < -0.39 is 11.7 Å².